The quantitative estimate of drug-likeness (QED) is 0.689. The predicted octanol–water partition coefficient (Wildman–Crippen LogP) is 4.72. The van der Waals surface area contributed by atoms with Crippen molar-refractivity contribution in [3.05, 3.63) is 76.5 Å². The fourth-order valence-corrected chi connectivity index (χ4v) is 4.14. The van der Waals surface area contributed by atoms with Crippen molar-refractivity contribution in [1.29, 1.82) is 5.26 Å². The lowest BCUT2D eigenvalue weighted by Crippen LogP contribution is -2.37. The van der Waals surface area contributed by atoms with Gasteiger partial charge in [0.25, 0.3) is 5.91 Å². The number of nitriles is 1. The Bertz CT molecular complexity index is 1120. The second kappa shape index (κ2) is 8.11. The van der Waals surface area contributed by atoms with Gasteiger partial charge >= 0.3 is 0 Å². The third kappa shape index (κ3) is 3.84. The summed E-state index contributed by atoms with van der Waals surface area (Å²) >= 11 is 0. The molecule has 2 aromatic carbocycles. The van der Waals surface area contributed by atoms with E-state index < -0.39 is 0 Å². The van der Waals surface area contributed by atoms with Crippen LogP contribution in [-0.4, -0.2) is 33.9 Å². The number of nitrogens with one attached hydrogen (secondary N) is 1. The lowest BCUT2D eigenvalue weighted by atomic mass is 9.89. The monoisotopic (exact) mass is 402 g/mol. The highest BCUT2D eigenvalue weighted by atomic mass is 19.1. The van der Waals surface area contributed by atoms with E-state index in [4.69, 9.17) is 5.26 Å². The largest absolute Gasteiger partial charge is 0.346 e. The minimum Gasteiger partial charge on any atom is -0.346 e. The smallest absolute Gasteiger partial charge is 0.253 e. The number of carbonyl (C=O) groups excluding carboxylic acids is 1. The van der Waals surface area contributed by atoms with Crippen LogP contribution in [0.2, 0.25) is 0 Å². The molecule has 0 spiro atoms. The SMILES string of the molecule is Cc1nc(-c2cc(C(=O)N3CCC(c4ccc(C#N)cc4)CC3)ccc2F)c(C)[nH]1. The van der Waals surface area contributed by atoms with E-state index in [1.54, 1.807) is 12.1 Å². The number of H-pyrrole nitrogens is 1. The maximum atomic E-state index is 14.4. The van der Waals surface area contributed by atoms with Gasteiger partial charge in [0.15, 0.2) is 0 Å². The first kappa shape index (κ1) is 19.8. The number of nitrogens with zero attached hydrogens (tertiary/aromatic N) is 3. The third-order valence-corrected chi connectivity index (χ3v) is 5.76. The topological polar surface area (TPSA) is 72.8 Å². The fraction of sp³-hybridized carbons (Fsp3) is 0.292. The van der Waals surface area contributed by atoms with E-state index in [1.165, 1.54) is 11.6 Å². The van der Waals surface area contributed by atoms with Gasteiger partial charge in [-0.25, -0.2) is 9.37 Å². The Morgan fingerprint density at radius 2 is 1.87 bits per heavy atom. The van der Waals surface area contributed by atoms with Gasteiger partial charge in [-0.2, -0.15) is 5.26 Å². The van der Waals surface area contributed by atoms with Gasteiger partial charge in [0.1, 0.15) is 11.6 Å². The number of likely N-dealkylation sites (tertiary alicyclic amines) is 1. The molecule has 1 N–H and O–H groups in total. The fourth-order valence-electron chi connectivity index (χ4n) is 4.14. The average molecular weight is 402 g/mol. The molecule has 0 bridgehead atoms. The van der Waals surface area contributed by atoms with Crippen LogP contribution in [0.1, 0.15) is 51.8 Å². The van der Waals surface area contributed by atoms with Gasteiger partial charge in [0.05, 0.1) is 17.3 Å². The molecule has 0 aliphatic carbocycles. The summed E-state index contributed by atoms with van der Waals surface area (Å²) in [6, 6.07) is 14.3. The number of hydrogen-bond acceptors (Lipinski definition) is 3. The molecule has 2 heterocycles. The molecule has 6 heteroatoms. The number of piperidine rings is 1. The molecule has 1 fully saturated rings. The minimum atomic E-state index is -0.388. The highest BCUT2D eigenvalue weighted by molar-refractivity contribution is 5.95. The summed E-state index contributed by atoms with van der Waals surface area (Å²) in [5.74, 6) is 0.615. The van der Waals surface area contributed by atoms with Gasteiger partial charge in [-0.1, -0.05) is 12.1 Å². The summed E-state index contributed by atoms with van der Waals surface area (Å²) < 4.78 is 14.4. The van der Waals surface area contributed by atoms with E-state index in [1.807, 2.05) is 43.0 Å². The van der Waals surface area contributed by atoms with Crippen LogP contribution in [0.5, 0.6) is 0 Å². The van der Waals surface area contributed by atoms with E-state index in [-0.39, 0.29) is 11.7 Å². The Morgan fingerprint density at radius 3 is 2.47 bits per heavy atom. The number of halogens is 1. The summed E-state index contributed by atoms with van der Waals surface area (Å²) in [5, 5.41) is 8.95. The van der Waals surface area contributed by atoms with Crippen molar-refractivity contribution < 1.29 is 9.18 Å². The highest BCUT2D eigenvalue weighted by Gasteiger charge is 2.25. The zero-order valence-corrected chi connectivity index (χ0v) is 17.1. The lowest BCUT2D eigenvalue weighted by Gasteiger charge is -2.32. The van der Waals surface area contributed by atoms with Crippen LogP contribution in [0, 0.1) is 31.0 Å². The molecular formula is C24H23FN4O. The van der Waals surface area contributed by atoms with E-state index in [2.05, 4.69) is 16.0 Å². The van der Waals surface area contributed by atoms with E-state index >= 15 is 0 Å². The Morgan fingerprint density at radius 1 is 1.17 bits per heavy atom. The van der Waals surface area contributed by atoms with Crippen LogP contribution in [-0.2, 0) is 0 Å². The maximum absolute atomic E-state index is 14.4. The van der Waals surface area contributed by atoms with Crippen molar-refractivity contribution in [1.82, 2.24) is 14.9 Å². The standard InChI is InChI=1S/C24H23FN4O/c1-15-23(28-16(2)27-15)21-13-20(7-8-22(21)25)24(30)29-11-9-19(10-12-29)18-5-3-17(14-26)4-6-18/h3-8,13,19H,9-12H2,1-2H3,(H,27,28). The Hall–Kier alpha value is -3.46. The zero-order chi connectivity index (χ0) is 21.3. The molecule has 0 atom stereocenters. The first-order valence-electron chi connectivity index (χ1n) is 10.1. The van der Waals surface area contributed by atoms with Crippen molar-refractivity contribution in [3.8, 4) is 17.3 Å². The van der Waals surface area contributed by atoms with Crippen LogP contribution in [0.3, 0.4) is 0 Å². The number of aromatic amines is 1. The maximum Gasteiger partial charge on any atom is 0.253 e. The Labute approximate surface area is 175 Å². The minimum absolute atomic E-state index is 0.0839. The second-order valence-electron chi connectivity index (χ2n) is 7.79. The number of carbonyl (C=O) groups is 1. The first-order chi connectivity index (χ1) is 14.5. The molecule has 1 amide bonds. The first-order valence-corrected chi connectivity index (χ1v) is 10.1. The molecule has 1 aromatic heterocycles. The molecular weight excluding hydrogens is 379 g/mol. The number of aryl methyl sites for hydroxylation is 2. The van der Waals surface area contributed by atoms with Crippen molar-refractivity contribution in [3.63, 3.8) is 0 Å². The number of benzene rings is 2. The number of amides is 1. The zero-order valence-electron chi connectivity index (χ0n) is 17.1. The summed E-state index contributed by atoms with van der Waals surface area (Å²) in [6.45, 7) is 4.96. The number of rotatable bonds is 3. The van der Waals surface area contributed by atoms with Gasteiger partial charge in [0, 0.05) is 29.9 Å². The van der Waals surface area contributed by atoms with Crippen LogP contribution in [0.15, 0.2) is 42.5 Å². The van der Waals surface area contributed by atoms with Crippen LogP contribution in [0.4, 0.5) is 4.39 Å². The predicted molar refractivity (Wildman–Crippen MR) is 112 cm³/mol. The molecule has 1 aliphatic heterocycles. The summed E-state index contributed by atoms with van der Waals surface area (Å²) in [7, 11) is 0. The van der Waals surface area contributed by atoms with Gasteiger partial charge in [-0.15, -0.1) is 0 Å². The van der Waals surface area contributed by atoms with E-state index in [9.17, 15) is 9.18 Å². The van der Waals surface area contributed by atoms with E-state index in [0.717, 1.165) is 18.5 Å². The van der Waals surface area contributed by atoms with Crippen LogP contribution in [0.25, 0.3) is 11.3 Å². The third-order valence-electron chi connectivity index (χ3n) is 5.76. The molecule has 4 rings (SSSR count). The molecule has 0 saturated carbocycles. The van der Waals surface area contributed by atoms with Gasteiger partial charge < -0.3 is 9.88 Å². The second-order valence-corrected chi connectivity index (χ2v) is 7.79. The molecule has 0 unspecified atom stereocenters. The van der Waals surface area contributed by atoms with Crippen LogP contribution >= 0.6 is 0 Å². The normalized spacial score (nSPS) is 14.5. The molecule has 0 radical (unpaired) electrons. The number of hydrogen-bond donors (Lipinski definition) is 1. The highest BCUT2D eigenvalue weighted by Crippen LogP contribution is 2.30. The molecule has 30 heavy (non-hydrogen) atoms. The summed E-state index contributed by atoms with van der Waals surface area (Å²) in [4.78, 5) is 22.3. The Kier molecular flexibility index (Phi) is 5.37. The number of aromatic nitrogens is 2. The molecule has 5 nitrogen and oxygen atoms in total. The molecule has 1 saturated heterocycles. The van der Waals surface area contributed by atoms with Crippen molar-refractivity contribution in [2.45, 2.75) is 32.6 Å². The van der Waals surface area contributed by atoms with Crippen LogP contribution < -0.4 is 0 Å². The van der Waals surface area contributed by atoms with Gasteiger partial charge in [-0.3, -0.25) is 4.79 Å². The molecule has 1 aliphatic rings. The van der Waals surface area contributed by atoms with Crippen molar-refractivity contribution >= 4 is 5.91 Å². The van der Waals surface area contributed by atoms with Gasteiger partial charge in [0.2, 0.25) is 0 Å². The average Bonchev–Trinajstić information content (AvgIpc) is 3.11. The van der Waals surface area contributed by atoms with Crippen molar-refractivity contribution in [2.24, 2.45) is 0 Å². The molecule has 3 aromatic rings. The summed E-state index contributed by atoms with van der Waals surface area (Å²) in [6.07, 6.45) is 1.73. The summed E-state index contributed by atoms with van der Waals surface area (Å²) in [5.41, 5.74) is 3.99. The van der Waals surface area contributed by atoms with Gasteiger partial charge in [-0.05, 0) is 68.5 Å². The number of imidazole rings is 1. The van der Waals surface area contributed by atoms with E-state index in [0.29, 0.717) is 47.2 Å². The molecule has 152 valence electrons. The lowest BCUT2D eigenvalue weighted by molar-refractivity contribution is 0.0713. The van der Waals surface area contributed by atoms with Crippen molar-refractivity contribution in [2.75, 3.05) is 13.1 Å². The Balaban J connectivity index is 1.48.